The number of carbonyl (C=O) groups excluding carboxylic acids is 1. The summed E-state index contributed by atoms with van der Waals surface area (Å²) in [5.74, 6) is 0.0134. The number of hydrogen-bond donors (Lipinski definition) is 0. The Morgan fingerprint density at radius 1 is 1.08 bits per heavy atom. The zero-order valence-corrected chi connectivity index (χ0v) is 14.3. The minimum absolute atomic E-state index is 0.0774. The Kier molecular flexibility index (Phi) is 5.82. The lowest BCUT2D eigenvalue weighted by Crippen LogP contribution is -2.50. The monoisotopic (exact) mass is 353 g/mol. The highest BCUT2D eigenvalue weighted by atomic mass is 19.1. The highest BCUT2D eigenvalue weighted by Crippen LogP contribution is 2.21. The lowest BCUT2D eigenvalue weighted by Gasteiger charge is -2.37. The molecular formula is C20H20FN3O2. The van der Waals surface area contributed by atoms with E-state index in [4.69, 9.17) is 4.74 Å². The summed E-state index contributed by atoms with van der Waals surface area (Å²) in [7, 11) is 0. The fourth-order valence-corrected chi connectivity index (χ4v) is 3.00. The predicted octanol–water partition coefficient (Wildman–Crippen LogP) is 2.61. The Morgan fingerprint density at radius 2 is 1.73 bits per heavy atom. The Bertz CT molecular complexity index is 766. The molecule has 0 N–H and O–H groups in total. The summed E-state index contributed by atoms with van der Waals surface area (Å²) in [6.45, 7) is 2.30. The van der Waals surface area contributed by atoms with Gasteiger partial charge in [-0.3, -0.25) is 9.69 Å². The third-order valence-corrected chi connectivity index (χ3v) is 4.45. The normalized spacial score (nSPS) is 15.9. The molecule has 0 spiro atoms. The minimum Gasteiger partial charge on any atom is -0.484 e. The third-order valence-electron chi connectivity index (χ3n) is 4.45. The predicted molar refractivity (Wildman–Crippen MR) is 94.8 cm³/mol. The van der Waals surface area contributed by atoms with Crippen molar-refractivity contribution in [3.05, 3.63) is 66.0 Å². The van der Waals surface area contributed by atoms with Gasteiger partial charge in [-0.1, -0.05) is 30.3 Å². The number of carbonyl (C=O) groups is 1. The van der Waals surface area contributed by atoms with Crippen LogP contribution in [0.3, 0.4) is 0 Å². The Morgan fingerprint density at radius 3 is 2.35 bits per heavy atom. The molecule has 2 aromatic rings. The van der Waals surface area contributed by atoms with Crippen molar-refractivity contribution in [2.24, 2.45) is 0 Å². The summed E-state index contributed by atoms with van der Waals surface area (Å²) < 4.78 is 18.3. The largest absolute Gasteiger partial charge is 0.484 e. The van der Waals surface area contributed by atoms with Gasteiger partial charge in [-0.25, -0.2) is 4.39 Å². The van der Waals surface area contributed by atoms with Crippen LogP contribution in [0.15, 0.2) is 54.6 Å². The molecule has 6 heteroatoms. The average molecular weight is 353 g/mol. The van der Waals surface area contributed by atoms with Crippen molar-refractivity contribution in [1.82, 2.24) is 9.80 Å². The Labute approximate surface area is 152 Å². The Hall–Kier alpha value is -2.91. The van der Waals surface area contributed by atoms with Gasteiger partial charge in [0, 0.05) is 26.2 Å². The molecule has 1 atom stereocenters. The zero-order valence-electron chi connectivity index (χ0n) is 14.3. The number of hydrogen-bond acceptors (Lipinski definition) is 4. The van der Waals surface area contributed by atoms with Crippen LogP contribution in [0.4, 0.5) is 4.39 Å². The van der Waals surface area contributed by atoms with Crippen LogP contribution < -0.4 is 4.74 Å². The van der Waals surface area contributed by atoms with Crippen molar-refractivity contribution in [2.45, 2.75) is 6.04 Å². The first kappa shape index (κ1) is 17.9. The van der Waals surface area contributed by atoms with Crippen LogP contribution in [0.1, 0.15) is 11.6 Å². The second kappa shape index (κ2) is 8.45. The maximum Gasteiger partial charge on any atom is 0.260 e. The molecule has 134 valence electrons. The van der Waals surface area contributed by atoms with Gasteiger partial charge in [0.2, 0.25) is 0 Å². The van der Waals surface area contributed by atoms with Crippen LogP contribution in [0.5, 0.6) is 5.75 Å². The van der Waals surface area contributed by atoms with Gasteiger partial charge in [0.05, 0.1) is 6.07 Å². The molecule has 0 bridgehead atoms. The first-order chi connectivity index (χ1) is 12.7. The maximum atomic E-state index is 12.9. The number of benzene rings is 2. The van der Waals surface area contributed by atoms with Crippen LogP contribution in [-0.2, 0) is 4.79 Å². The zero-order chi connectivity index (χ0) is 18.4. The standard InChI is InChI=1S/C20H20FN3O2/c21-17-6-8-18(9-7-17)26-15-20(25)24-12-10-23(11-13-24)19(14-22)16-4-2-1-3-5-16/h1-9,19H,10-13,15H2/t19-/m0/s1. The Balaban J connectivity index is 1.50. The number of halogens is 1. The second-order valence-electron chi connectivity index (χ2n) is 6.10. The molecular weight excluding hydrogens is 333 g/mol. The van der Waals surface area contributed by atoms with Crippen LogP contribution in [-0.4, -0.2) is 48.5 Å². The SMILES string of the molecule is N#C[C@@H](c1ccccc1)N1CCN(C(=O)COc2ccc(F)cc2)CC1. The quantitative estimate of drug-likeness (QED) is 0.829. The van der Waals surface area contributed by atoms with E-state index in [0.717, 1.165) is 5.56 Å². The van der Waals surface area contributed by atoms with Crippen LogP contribution in [0.25, 0.3) is 0 Å². The van der Waals surface area contributed by atoms with Gasteiger partial charge in [-0.2, -0.15) is 5.26 Å². The van der Waals surface area contributed by atoms with E-state index >= 15 is 0 Å². The molecule has 1 saturated heterocycles. The highest BCUT2D eigenvalue weighted by Gasteiger charge is 2.27. The van der Waals surface area contributed by atoms with Gasteiger partial charge in [-0.05, 0) is 29.8 Å². The number of nitriles is 1. The van der Waals surface area contributed by atoms with Crippen LogP contribution in [0, 0.1) is 17.1 Å². The molecule has 26 heavy (non-hydrogen) atoms. The van der Waals surface area contributed by atoms with Crippen LogP contribution in [0.2, 0.25) is 0 Å². The summed E-state index contributed by atoms with van der Waals surface area (Å²) in [5, 5.41) is 9.52. The topological polar surface area (TPSA) is 56.6 Å². The third kappa shape index (κ3) is 4.38. The number of ether oxygens (including phenoxy) is 1. The van der Waals surface area contributed by atoms with E-state index in [1.807, 2.05) is 30.3 Å². The average Bonchev–Trinajstić information content (AvgIpc) is 2.69. The van der Waals surface area contributed by atoms with E-state index < -0.39 is 0 Å². The second-order valence-corrected chi connectivity index (χ2v) is 6.10. The summed E-state index contributed by atoms with van der Waals surface area (Å²) >= 11 is 0. The van der Waals surface area contributed by atoms with Gasteiger partial charge in [0.1, 0.15) is 17.6 Å². The van der Waals surface area contributed by atoms with E-state index in [1.54, 1.807) is 4.90 Å². The molecule has 0 saturated carbocycles. The number of amides is 1. The van der Waals surface area contributed by atoms with E-state index in [9.17, 15) is 14.4 Å². The lowest BCUT2D eigenvalue weighted by atomic mass is 10.1. The number of piperazine rings is 1. The highest BCUT2D eigenvalue weighted by molar-refractivity contribution is 5.77. The molecule has 1 fully saturated rings. The summed E-state index contributed by atoms with van der Waals surface area (Å²) in [5.41, 5.74) is 0.967. The van der Waals surface area contributed by atoms with Crippen molar-refractivity contribution in [3.63, 3.8) is 0 Å². The van der Waals surface area contributed by atoms with E-state index in [2.05, 4.69) is 11.0 Å². The molecule has 0 aromatic heterocycles. The fraction of sp³-hybridized carbons (Fsp3) is 0.300. The molecule has 0 aliphatic carbocycles. The van der Waals surface area contributed by atoms with Crippen molar-refractivity contribution in [3.8, 4) is 11.8 Å². The van der Waals surface area contributed by atoms with Gasteiger partial charge >= 0.3 is 0 Å². The minimum atomic E-state index is -0.342. The van der Waals surface area contributed by atoms with Crippen molar-refractivity contribution in [1.29, 1.82) is 5.26 Å². The number of rotatable bonds is 5. The van der Waals surface area contributed by atoms with E-state index in [0.29, 0.717) is 31.9 Å². The van der Waals surface area contributed by atoms with Gasteiger partial charge < -0.3 is 9.64 Å². The molecule has 1 amide bonds. The van der Waals surface area contributed by atoms with Gasteiger partial charge in [0.25, 0.3) is 5.91 Å². The lowest BCUT2D eigenvalue weighted by molar-refractivity contribution is -0.135. The molecule has 5 nitrogen and oxygen atoms in total. The maximum absolute atomic E-state index is 12.9. The molecule has 0 radical (unpaired) electrons. The summed E-state index contributed by atoms with van der Waals surface area (Å²) in [6.07, 6.45) is 0. The van der Waals surface area contributed by atoms with Gasteiger partial charge in [-0.15, -0.1) is 0 Å². The van der Waals surface area contributed by atoms with Crippen molar-refractivity contribution >= 4 is 5.91 Å². The van der Waals surface area contributed by atoms with Crippen molar-refractivity contribution < 1.29 is 13.9 Å². The summed E-state index contributed by atoms with van der Waals surface area (Å²) in [6, 6.07) is 17.3. The summed E-state index contributed by atoms with van der Waals surface area (Å²) in [4.78, 5) is 16.1. The van der Waals surface area contributed by atoms with Gasteiger partial charge in [0.15, 0.2) is 6.61 Å². The first-order valence-corrected chi connectivity index (χ1v) is 8.52. The van der Waals surface area contributed by atoms with Crippen LogP contribution >= 0.6 is 0 Å². The molecule has 1 aliphatic rings. The van der Waals surface area contributed by atoms with Crippen molar-refractivity contribution in [2.75, 3.05) is 32.8 Å². The fourth-order valence-electron chi connectivity index (χ4n) is 3.00. The molecule has 0 unspecified atom stereocenters. The van der Waals surface area contributed by atoms with E-state index in [-0.39, 0.29) is 24.4 Å². The number of nitrogens with zero attached hydrogens (tertiary/aromatic N) is 3. The smallest absolute Gasteiger partial charge is 0.260 e. The molecule has 1 aliphatic heterocycles. The molecule has 3 rings (SSSR count). The molecule has 1 heterocycles. The van der Waals surface area contributed by atoms with E-state index in [1.165, 1.54) is 24.3 Å². The molecule has 2 aromatic carbocycles. The first-order valence-electron chi connectivity index (χ1n) is 8.52.